The Morgan fingerprint density at radius 2 is 1.54 bits per heavy atom. The fraction of sp³-hybridized carbons (Fsp3) is 0.136. The van der Waals surface area contributed by atoms with Gasteiger partial charge in [-0.15, -0.1) is 11.8 Å². The number of aryl methyl sites for hydroxylation is 1. The van der Waals surface area contributed by atoms with E-state index in [9.17, 15) is 4.79 Å². The van der Waals surface area contributed by atoms with Crippen LogP contribution in [0, 0.1) is 6.92 Å². The van der Waals surface area contributed by atoms with E-state index in [1.165, 1.54) is 10.5 Å². The van der Waals surface area contributed by atoms with Crippen LogP contribution in [0.4, 0.5) is 5.69 Å². The average molecular weight is 363 g/mol. The van der Waals surface area contributed by atoms with Crippen molar-refractivity contribution in [3.05, 3.63) is 84.4 Å². The molecule has 0 saturated heterocycles. The highest BCUT2D eigenvalue weighted by atomic mass is 32.2. The zero-order valence-electron chi connectivity index (χ0n) is 14.6. The van der Waals surface area contributed by atoms with Crippen molar-refractivity contribution in [2.45, 2.75) is 18.2 Å². The summed E-state index contributed by atoms with van der Waals surface area (Å²) in [7, 11) is 0. The molecule has 0 atom stereocenters. The van der Waals surface area contributed by atoms with Crippen LogP contribution in [0.15, 0.2) is 83.8 Å². The molecule has 0 unspecified atom stereocenters. The van der Waals surface area contributed by atoms with Crippen LogP contribution in [0.3, 0.4) is 0 Å². The summed E-state index contributed by atoms with van der Waals surface area (Å²) in [6, 6.07) is 25.4. The molecule has 26 heavy (non-hydrogen) atoms. The summed E-state index contributed by atoms with van der Waals surface area (Å²) in [5.74, 6) is 2.30. The van der Waals surface area contributed by atoms with Gasteiger partial charge in [0.25, 0.3) is 0 Å². The van der Waals surface area contributed by atoms with E-state index in [0.717, 1.165) is 22.9 Å². The largest absolute Gasteiger partial charge is 0.457 e. The zero-order valence-corrected chi connectivity index (χ0v) is 15.5. The quantitative estimate of drug-likeness (QED) is 0.530. The van der Waals surface area contributed by atoms with Crippen molar-refractivity contribution in [2.24, 2.45) is 0 Å². The second-order valence-electron chi connectivity index (χ2n) is 5.90. The highest BCUT2D eigenvalue weighted by molar-refractivity contribution is 7.99. The molecular formula is C22H21NO2S. The number of benzene rings is 3. The Bertz CT molecular complexity index is 830. The summed E-state index contributed by atoms with van der Waals surface area (Å²) in [5.41, 5.74) is 2.02. The molecular weight excluding hydrogens is 342 g/mol. The number of carbonyl (C=O) groups excluding carboxylic acids is 1. The van der Waals surface area contributed by atoms with E-state index in [1.807, 2.05) is 54.6 Å². The van der Waals surface area contributed by atoms with Gasteiger partial charge in [-0.3, -0.25) is 4.79 Å². The third-order valence-electron chi connectivity index (χ3n) is 3.74. The van der Waals surface area contributed by atoms with Gasteiger partial charge in [-0.2, -0.15) is 0 Å². The monoisotopic (exact) mass is 363 g/mol. The van der Waals surface area contributed by atoms with E-state index >= 15 is 0 Å². The van der Waals surface area contributed by atoms with Crippen molar-refractivity contribution in [2.75, 3.05) is 11.1 Å². The van der Waals surface area contributed by atoms with Gasteiger partial charge in [0, 0.05) is 22.8 Å². The van der Waals surface area contributed by atoms with Crippen LogP contribution in [0.2, 0.25) is 0 Å². The van der Waals surface area contributed by atoms with Gasteiger partial charge in [0.05, 0.1) is 0 Å². The topological polar surface area (TPSA) is 38.3 Å². The van der Waals surface area contributed by atoms with E-state index in [1.54, 1.807) is 11.8 Å². The molecule has 3 aromatic rings. The number of rotatable bonds is 7. The fourth-order valence-electron chi connectivity index (χ4n) is 2.35. The van der Waals surface area contributed by atoms with Crippen LogP contribution >= 0.6 is 11.8 Å². The zero-order chi connectivity index (χ0) is 18.2. The summed E-state index contributed by atoms with van der Waals surface area (Å²) in [6.45, 7) is 2.07. The molecule has 0 heterocycles. The van der Waals surface area contributed by atoms with E-state index in [4.69, 9.17) is 4.74 Å². The van der Waals surface area contributed by atoms with E-state index in [0.29, 0.717) is 6.42 Å². The molecule has 132 valence electrons. The van der Waals surface area contributed by atoms with Crippen LogP contribution in [-0.2, 0) is 4.79 Å². The third-order valence-corrected chi connectivity index (χ3v) is 4.75. The first-order valence-electron chi connectivity index (χ1n) is 8.51. The molecule has 0 aliphatic rings. The van der Waals surface area contributed by atoms with Crippen LogP contribution in [0.5, 0.6) is 11.5 Å². The first kappa shape index (κ1) is 18.1. The molecule has 0 aromatic heterocycles. The Balaban J connectivity index is 1.44. The second-order valence-corrected chi connectivity index (χ2v) is 7.07. The minimum atomic E-state index is 0.0151. The normalized spacial score (nSPS) is 10.3. The third kappa shape index (κ3) is 5.67. The molecule has 4 heteroatoms. The lowest BCUT2D eigenvalue weighted by Gasteiger charge is -2.08. The van der Waals surface area contributed by atoms with Gasteiger partial charge in [-0.05, 0) is 55.5 Å². The Morgan fingerprint density at radius 3 is 2.23 bits per heavy atom. The predicted octanol–water partition coefficient (Wildman–Crippen LogP) is 5.91. The average Bonchev–Trinajstić information content (AvgIpc) is 2.66. The molecule has 0 bridgehead atoms. The standard InChI is InChI=1S/C22H21NO2S/c1-17-7-13-21(14-8-17)26-16-15-22(24)23-18-9-11-20(12-10-18)25-19-5-3-2-4-6-19/h2-14H,15-16H2,1H3,(H,23,24). The van der Waals surface area contributed by atoms with Crippen LogP contribution in [-0.4, -0.2) is 11.7 Å². The van der Waals surface area contributed by atoms with Crippen molar-refractivity contribution < 1.29 is 9.53 Å². The highest BCUT2D eigenvalue weighted by Gasteiger charge is 2.04. The lowest BCUT2D eigenvalue weighted by Crippen LogP contribution is -2.12. The van der Waals surface area contributed by atoms with Gasteiger partial charge in [0.15, 0.2) is 0 Å². The molecule has 0 saturated carbocycles. The summed E-state index contributed by atoms with van der Waals surface area (Å²) in [6.07, 6.45) is 0.473. The van der Waals surface area contributed by atoms with E-state index < -0.39 is 0 Å². The van der Waals surface area contributed by atoms with Gasteiger partial charge in [0.2, 0.25) is 5.91 Å². The van der Waals surface area contributed by atoms with Gasteiger partial charge in [-0.25, -0.2) is 0 Å². The summed E-state index contributed by atoms with van der Waals surface area (Å²) < 4.78 is 5.74. The number of anilines is 1. The Hall–Kier alpha value is -2.72. The van der Waals surface area contributed by atoms with Crippen molar-refractivity contribution in [3.8, 4) is 11.5 Å². The number of para-hydroxylation sites is 1. The van der Waals surface area contributed by atoms with Gasteiger partial charge in [0.1, 0.15) is 11.5 Å². The lowest BCUT2D eigenvalue weighted by atomic mass is 10.2. The minimum absolute atomic E-state index is 0.0151. The number of amides is 1. The van der Waals surface area contributed by atoms with E-state index in [2.05, 4.69) is 36.5 Å². The van der Waals surface area contributed by atoms with Crippen molar-refractivity contribution >= 4 is 23.4 Å². The van der Waals surface area contributed by atoms with Crippen molar-refractivity contribution in [1.82, 2.24) is 0 Å². The number of nitrogens with one attached hydrogen (secondary N) is 1. The summed E-state index contributed by atoms with van der Waals surface area (Å²) >= 11 is 1.69. The highest BCUT2D eigenvalue weighted by Crippen LogP contribution is 2.23. The number of hydrogen-bond acceptors (Lipinski definition) is 3. The Morgan fingerprint density at radius 1 is 0.885 bits per heavy atom. The molecule has 3 aromatic carbocycles. The molecule has 0 fully saturated rings. The smallest absolute Gasteiger partial charge is 0.225 e. The first-order valence-corrected chi connectivity index (χ1v) is 9.50. The Labute approximate surface area is 158 Å². The molecule has 3 nitrogen and oxygen atoms in total. The Kier molecular flexibility index (Phi) is 6.34. The molecule has 0 radical (unpaired) electrons. The molecule has 0 aliphatic carbocycles. The summed E-state index contributed by atoms with van der Waals surface area (Å²) in [4.78, 5) is 13.3. The fourth-order valence-corrected chi connectivity index (χ4v) is 3.20. The molecule has 3 rings (SSSR count). The molecule has 1 amide bonds. The molecule has 0 aliphatic heterocycles. The van der Waals surface area contributed by atoms with Gasteiger partial charge < -0.3 is 10.1 Å². The number of ether oxygens (including phenoxy) is 1. The van der Waals surface area contributed by atoms with Crippen LogP contribution < -0.4 is 10.1 Å². The maximum absolute atomic E-state index is 12.1. The van der Waals surface area contributed by atoms with Gasteiger partial charge >= 0.3 is 0 Å². The van der Waals surface area contributed by atoms with Crippen LogP contribution in [0.1, 0.15) is 12.0 Å². The predicted molar refractivity (Wildman–Crippen MR) is 108 cm³/mol. The minimum Gasteiger partial charge on any atom is -0.457 e. The number of thioether (sulfide) groups is 1. The van der Waals surface area contributed by atoms with Gasteiger partial charge in [-0.1, -0.05) is 35.9 Å². The molecule has 1 N–H and O–H groups in total. The molecule has 0 spiro atoms. The first-order chi connectivity index (χ1) is 12.7. The van der Waals surface area contributed by atoms with E-state index in [-0.39, 0.29) is 5.91 Å². The maximum atomic E-state index is 12.1. The maximum Gasteiger partial charge on any atom is 0.225 e. The lowest BCUT2D eigenvalue weighted by molar-refractivity contribution is -0.115. The second kappa shape index (κ2) is 9.11. The van der Waals surface area contributed by atoms with Crippen LogP contribution in [0.25, 0.3) is 0 Å². The van der Waals surface area contributed by atoms with Crippen molar-refractivity contribution in [1.29, 1.82) is 0 Å². The van der Waals surface area contributed by atoms with Crippen molar-refractivity contribution in [3.63, 3.8) is 0 Å². The summed E-state index contributed by atoms with van der Waals surface area (Å²) in [5, 5.41) is 2.92. The number of hydrogen-bond donors (Lipinski definition) is 1. The number of carbonyl (C=O) groups is 1. The SMILES string of the molecule is Cc1ccc(SCCC(=O)Nc2ccc(Oc3ccccc3)cc2)cc1.